The van der Waals surface area contributed by atoms with Crippen molar-refractivity contribution in [2.45, 2.75) is 57.8 Å². The van der Waals surface area contributed by atoms with E-state index in [0.29, 0.717) is 0 Å². The van der Waals surface area contributed by atoms with Gasteiger partial charge < -0.3 is 10.1 Å². The smallest absolute Gasteiger partial charge is 0.132 e. The maximum Gasteiger partial charge on any atom is 0.132 e. The summed E-state index contributed by atoms with van der Waals surface area (Å²) in [5.74, 6) is 1.79. The molecule has 338 valence electrons. The van der Waals surface area contributed by atoms with Crippen LogP contribution in [-0.2, 0) is 16.2 Å². The molecule has 2 heterocycles. The van der Waals surface area contributed by atoms with Crippen molar-refractivity contribution in [3.05, 3.63) is 260 Å². The van der Waals surface area contributed by atoms with E-state index in [4.69, 9.17) is 4.74 Å². The Kier molecular flexibility index (Phi) is 9.45. The van der Waals surface area contributed by atoms with Gasteiger partial charge in [-0.1, -0.05) is 189 Å². The van der Waals surface area contributed by atoms with E-state index in [0.717, 1.165) is 34.0 Å². The summed E-state index contributed by atoms with van der Waals surface area (Å²) in [4.78, 5) is 0. The standard InChI is InChI=1S/C39H29NO.C28H23Br/c1-25-11-3-5-13-29(25)27-19-21-35-33(23-27)39(31-15-7-9-17-37(31)41-38-18-10-8-16-32(38)39)34-24-28(20-22-36(34)40-35)30-14-6-4-12-26(30)2;1-27(2)21-12-8-7-9-16(21)19-13-23-20(14-22(19)27)26-18-11-6-5-10-17(18)25(29)15-24(26)28(23,3)4/h3-24,40H,1-2H3;5-15H,1-4H3. The number of fused-ring (bicyclic) bond motifs is 16. The minimum Gasteiger partial charge on any atom is -0.457 e. The number of anilines is 2. The van der Waals surface area contributed by atoms with Crippen LogP contribution in [0.3, 0.4) is 0 Å². The molecule has 2 aliphatic heterocycles. The molecule has 3 heteroatoms. The molecular formula is C67H52BrNO. The number of benzene rings is 10. The van der Waals surface area contributed by atoms with E-state index in [-0.39, 0.29) is 10.8 Å². The van der Waals surface area contributed by atoms with E-state index in [9.17, 15) is 0 Å². The molecule has 0 aromatic heterocycles. The summed E-state index contributed by atoms with van der Waals surface area (Å²) in [6, 6.07) is 73.2. The summed E-state index contributed by atoms with van der Waals surface area (Å²) < 4.78 is 7.77. The first-order valence-electron chi connectivity index (χ1n) is 24.5. The lowest BCUT2D eigenvalue weighted by atomic mass is 9.61. The molecule has 2 aliphatic carbocycles. The Morgan fingerprint density at radius 3 is 1.41 bits per heavy atom. The number of ether oxygens (including phenoxy) is 1. The van der Waals surface area contributed by atoms with E-state index >= 15 is 0 Å². The van der Waals surface area contributed by atoms with Gasteiger partial charge in [-0.3, -0.25) is 0 Å². The number of hydrogen-bond donors (Lipinski definition) is 1. The molecule has 2 nitrogen and oxygen atoms in total. The Labute approximate surface area is 419 Å². The number of aryl methyl sites for hydroxylation is 2. The summed E-state index contributed by atoms with van der Waals surface area (Å²) in [5.41, 5.74) is 25.3. The third-order valence-electron chi connectivity index (χ3n) is 16.2. The molecule has 10 aromatic carbocycles. The molecule has 4 aliphatic rings. The van der Waals surface area contributed by atoms with Crippen molar-refractivity contribution < 1.29 is 4.74 Å². The average molecular weight is 967 g/mol. The summed E-state index contributed by atoms with van der Waals surface area (Å²) in [7, 11) is 0. The highest BCUT2D eigenvalue weighted by Gasteiger charge is 2.50. The predicted octanol–water partition coefficient (Wildman–Crippen LogP) is 18.4. The third kappa shape index (κ3) is 6.04. The molecule has 10 aromatic rings. The van der Waals surface area contributed by atoms with Gasteiger partial charge >= 0.3 is 0 Å². The molecule has 0 unspecified atom stereocenters. The SMILES string of the molecule is CC1(C)c2ccccc2-c2cc3c(cc21)-c1c(cc(Br)c2ccccc12)C3(C)C.Cc1ccccc1-c1ccc2c(c1)C1(c3cc(-c4ccccc4C)ccc3N2)c2ccccc2Oc2ccccc21. The Morgan fingerprint density at radius 2 is 0.829 bits per heavy atom. The van der Waals surface area contributed by atoms with E-state index in [1.54, 1.807) is 0 Å². The lowest BCUT2D eigenvalue weighted by Crippen LogP contribution is -2.37. The maximum absolute atomic E-state index is 6.58. The van der Waals surface area contributed by atoms with Crippen LogP contribution in [0.25, 0.3) is 55.3 Å². The van der Waals surface area contributed by atoms with E-state index < -0.39 is 5.41 Å². The Bertz CT molecular complexity index is 3690. The van der Waals surface area contributed by atoms with E-state index in [1.807, 2.05) is 0 Å². The van der Waals surface area contributed by atoms with Crippen molar-refractivity contribution >= 4 is 38.1 Å². The highest BCUT2D eigenvalue weighted by molar-refractivity contribution is 9.10. The van der Waals surface area contributed by atoms with Crippen LogP contribution in [-0.4, -0.2) is 0 Å². The quantitative estimate of drug-likeness (QED) is 0.186. The normalized spacial score (nSPS) is 15.1. The molecule has 0 saturated carbocycles. The number of hydrogen-bond acceptors (Lipinski definition) is 2. The fourth-order valence-corrected chi connectivity index (χ4v) is 13.2. The molecule has 14 rings (SSSR count). The van der Waals surface area contributed by atoms with Gasteiger partial charge in [-0.2, -0.15) is 0 Å². The van der Waals surface area contributed by atoms with E-state index in [2.05, 4.69) is 263 Å². The minimum atomic E-state index is -0.571. The second-order valence-corrected chi connectivity index (χ2v) is 21.5. The molecule has 0 saturated heterocycles. The summed E-state index contributed by atoms with van der Waals surface area (Å²) in [6.45, 7) is 13.8. The van der Waals surface area contributed by atoms with Gasteiger partial charge in [-0.05, 0) is 168 Å². The first-order valence-corrected chi connectivity index (χ1v) is 25.3. The number of para-hydroxylation sites is 2. The fourth-order valence-electron chi connectivity index (χ4n) is 12.7. The molecular weight excluding hydrogens is 915 g/mol. The van der Waals surface area contributed by atoms with Gasteiger partial charge in [-0.25, -0.2) is 0 Å². The van der Waals surface area contributed by atoms with Gasteiger partial charge in [0.05, 0.1) is 5.41 Å². The van der Waals surface area contributed by atoms with Crippen LogP contribution in [0, 0.1) is 13.8 Å². The van der Waals surface area contributed by atoms with Crippen LogP contribution in [0.5, 0.6) is 11.5 Å². The van der Waals surface area contributed by atoms with Crippen molar-refractivity contribution in [1.82, 2.24) is 0 Å². The van der Waals surface area contributed by atoms with Crippen molar-refractivity contribution in [2.75, 3.05) is 5.32 Å². The topological polar surface area (TPSA) is 21.3 Å². The Balaban J connectivity index is 0.000000146. The first kappa shape index (κ1) is 42.6. The predicted molar refractivity (Wildman–Crippen MR) is 295 cm³/mol. The number of rotatable bonds is 2. The monoisotopic (exact) mass is 965 g/mol. The van der Waals surface area contributed by atoms with Gasteiger partial charge in [0.2, 0.25) is 0 Å². The largest absolute Gasteiger partial charge is 0.457 e. The zero-order chi connectivity index (χ0) is 47.7. The lowest BCUT2D eigenvalue weighted by Gasteiger charge is -2.46. The number of halogens is 1. The van der Waals surface area contributed by atoms with Gasteiger partial charge in [0.25, 0.3) is 0 Å². The van der Waals surface area contributed by atoms with Gasteiger partial charge in [0.15, 0.2) is 0 Å². The Hall–Kier alpha value is -7.46. The molecule has 0 atom stereocenters. The van der Waals surface area contributed by atoms with Crippen molar-refractivity contribution in [3.63, 3.8) is 0 Å². The van der Waals surface area contributed by atoms with Gasteiger partial charge in [-0.15, -0.1) is 0 Å². The Morgan fingerprint density at radius 1 is 0.371 bits per heavy atom. The zero-order valence-electron chi connectivity index (χ0n) is 40.3. The highest BCUT2D eigenvalue weighted by Crippen LogP contribution is 2.62. The van der Waals surface area contributed by atoms with Crippen LogP contribution in [0.15, 0.2) is 205 Å². The molecule has 0 radical (unpaired) electrons. The van der Waals surface area contributed by atoms with Crippen LogP contribution in [0.4, 0.5) is 11.4 Å². The zero-order valence-corrected chi connectivity index (χ0v) is 41.9. The van der Waals surface area contributed by atoms with E-state index in [1.165, 1.54) is 104 Å². The van der Waals surface area contributed by atoms with Crippen LogP contribution < -0.4 is 10.1 Å². The molecule has 0 bridgehead atoms. The van der Waals surface area contributed by atoms with Crippen LogP contribution >= 0.6 is 15.9 Å². The van der Waals surface area contributed by atoms with Crippen LogP contribution in [0.2, 0.25) is 0 Å². The molecule has 1 spiro atoms. The first-order chi connectivity index (χ1) is 34.0. The highest BCUT2D eigenvalue weighted by atomic mass is 79.9. The molecule has 70 heavy (non-hydrogen) atoms. The average Bonchev–Trinajstić information content (AvgIpc) is 3.74. The minimum absolute atomic E-state index is 0.0199. The maximum atomic E-state index is 6.58. The lowest BCUT2D eigenvalue weighted by molar-refractivity contribution is 0.434. The second-order valence-electron chi connectivity index (χ2n) is 20.7. The summed E-state index contributed by atoms with van der Waals surface area (Å²) >= 11 is 3.84. The van der Waals surface area contributed by atoms with Gasteiger partial charge in [0.1, 0.15) is 11.5 Å². The number of nitrogens with one attached hydrogen (secondary N) is 1. The molecule has 0 fully saturated rings. The second kappa shape index (κ2) is 15.5. The molecule has 1 N–H and O–H groups in total. The fraction of sp³-hybridized carbons (Fsp3) is 0.134. The molecule has 0 amide bonds. The summed E-state index contributed by atoms with van der Waals surface area (Å²) in [6.07, 6.45) is 0. The summed E-state index contributed by atoms with van der Waals surface area (Å²) in [5, 5.41) is 6.45. The van der Waals surface area contributed by atoms with Crippen molar-refractivity contribution in [3.8, 4) is 56.0 Å². The van der Waals surface area contributed by atoms with Gasteiger partial charge in [0, 0.05) is 37.8 Å². The van der Waals surface area contributed by atoms with Crippen molar-refractivity contribution in [1.29, 1.82) is 0 Å². The van der Waals surface area contributed by atoms with Crippen LogP contribution in [0.1, 0.15) is 83.3 Å². The van der Waals surface area contributed by atoms with Crippen molar-refractivity contribution in [2.24, 2.45) is 0 Å². The third-order valence-corrected chi connectivity index (χ3v) is 16.8.